The molecule has 0 atom stereocenters. The summed E-state index contributed by atoms with van der Waals surface area (Å²) in [7, 11) is -1.79. The second kappa shape index (κ2) is 6.16. The molecule has 0 aliphatic rings. The van der Waals surface area contributed by atoms with E-state index >= 15 is 0 Å². The molecule has 0 fully saturated rings. The number of nitrogens with two attached hydrogens (primary N) is 1. The summed E-state index contributed by atoms with van der Waals surface area (Å²) in [5, 5.41) is 8.11. The van der Waals surface area contributed by atoms with Crippen LogP contribution in [0.15, 0.2) is 29.6 Å². The van der Waals surface area contributed by atoms with Gasteiger partial charge < -0.3 is 5.73 Å². The summed E-state index contributed by atoms with van der Waals surface area (Å²) >= 11 is 0. The maximum atomic E-state index is 12.1. The van der Waals surface area contributed by atoms with Gasteiger partial charge in [0.25, 0.3) is 0 Å². The van der Waals surface area contributed by atoms with Gasteiger partial charge in [0.1, 0.15) is 4.90 Å². The van der Waals surface area contributed by atoms with Crippen LogP contribution in [-0.2, 0) is 30.2 Å². The van der Waals surface area contributed by atoms with Gasteiger partial charge in [0.2, 0.25) is 10.0 Å². The summed E-state index contributed by atoms with van der Waals surface area (Å²) in [6, 6.07) is 1.76. The Morgan fingerprint density at radius 2 is 2.25 bits per heavy atom. The van der Waals surface area contributed by atoms with Crippen LogP contribution in [0.4, 0.5) is 0 Å². The van der Waals surface area contributed by atoms with Crippen LogP contribution >= 0.6 is 0 Å². The Morgan fingerprint density at radius 1 is 1.45 bits per heavy atom. The van der Waals surface area contributed by atoms with Gasteiger partial charge in [-0.3, -0.25) is 9.36 Å². The number of nitrogens with one attached hydrogen (secondary N) is 1. The second-order valence-corrected chi connectivity index (χ2v) is 6.15. The van der Waals surface area contributed by atoms with E-state index in [1.807, 2.05) is 0 Å². The smallest absolute Gasteiger partial charge is 0.244 e. The van der Waals surface area contributed by atoms with Crippen molar-refractivity contribution in [2.24, 2.45) is 12.8 Å². The van der Waals surface area contributed by atoms with E-state index in [1.165, 1.54) is 12.4 Å². The van der Waals surface area contributed by atoms with E-state index in [-0.39, 0.29) is 11.4 Å². The molecule has 0 saturated heterocycles. The number of aryl methyl sites for hydroxylation is 2. The molecule has 0 radical (unpaired) electrons. The molecule has 20 heavy (non-hydrogen) atoms. The van der Waals surface area contributed by atoms with Crippen molar-refractivity contribution in [3.8, 4) is 0 Å². The van der Waals surface area contributed by atoms with Crippen LogP contribution in [0.2, 0.25) is 0 Å². The van der Waals surface area contributed by atoms with Gasteiger partial charge in [-0.05, 0) is 19.0 Å². The van der Waals surface area contributed by atoms with Crippen LogP contribution in [-0.4, -0.2) is 34.5 Å². The van der Waals surface area contributed by atoms with Crippen LogP contribution in [0.3, 0.4) is 0 Å². The molecular weight excluding hydrogens is 280 g/mol. The molecule has 2 heterocycles. The van der Waals surface area contributed by atoms with E-state index in [0.717, 1.165) is 6.42 Å². The molecule has 2 rings (SSSR count). The van der Waals surface area contributed by atoms with Gasteiger partial charge in [0.15, 0.2) is 0 Å². The van der Waals surface area contributed by atoms with Gasteiger partial charge in [-0.2, -0.15) is 10.2 Å². The Labute approximate surface area is 117 Å². The lowest BCUT2D eigenvalue weighted by Crippen LogP contribution is -2.23. The highest BCUT2D eigenvalue weighted by molar-refractivity contribution is 7.89. The maximum Gasteiger partial charge on any atom is 0.244 e. The first kappa shape index (κ1) is 14.7. The van der Waals surface area contributed by atoms with E-state index in [4.69, 9.17) is 5.73 Å². The zero-order chi connectivity index (χ0) is 14.6. The largest absolute Gasteiger partial charge is 0.330 e. The molecule has 0 spiro atoms. The zero-order valence-electron chi connectivity index (χ0n) is 11.2. The third-order valence-corrected chi connectivity index (χ3v) is 4.08. The third-order valence-electron chi connectivity index (χ3n) is 2.72. The van der Waals surface area contributed by atoms with Crippen molar-refractivity contribution in [1.29, 1.82) is 0 Å². The van der Waals surface area contributed by atoms with E-state index in [2.05, 4.69) is 14.9 Å². The summed E-state index contributed by atoms with van der Waals surface area (Å²) < 4.78 is 29.8. The lowest BCUT2D eigenvalue weighted by Gasteiger charge is -2.02. The van der Waals surface area contributed by atoms with Crippen molar-refractivity contribution in [1.82, 2.24) is 24.3 Å². The number of hydrogen-bond acceptors (Lipinski definition) is 5. The molecule has 3 N–H and O–H groups in total. The lowest BCUT2D eigenvalue weighted by atomic mass is 10.4. The van der Waals surface area contributed by atoms with Gasteiger partial charge in [-0.1, -0.05) is 0 Å². The Hall–Kier alpha value is -1.71. The molecule has 0 aliphatic carbocycles. The third kappa shape index (κ3) is 3.65. The molecule has 9 heteroatoms. The van der Waals surface area contributed by atoms with Crippen LogP contribution < -0.4 is 10.5 Å². The van der Waals surface area contributed by atoms with Crippen LogP contribution in [0, 0.1) is 0 Å². The SMILES string of the molecule is Cn1ccc(CNS(=O)(=O)c2cnn(CCCN)c2)n1. The number of hydrogen-bond donors (Lipinski definition) is 2. The van der Waals surface area contributed by atoms with E-state index in [9.17, 15) is 8.42 Å². The average molecular weight is 298 g/mol. The lowest BCUT2D eigenvalue weighted by molar-refractivity contribution is 0.575. The first-order chi connectivity index (χ1) is 9.51. The van der Waals surface area contributed by atoms with Crippen LogP contribution in [0.5, 0.6) is 0 Å². The fourth-order valence-electron chi connectivity index (χ4n) is 1.67. The Balaban J connectivity index is 2.00. The summed E-state index contributed by atoms with van der Waals surface area (Å²) in [6.45, 7) is 1.29. The van der Waals surface area contributed by atoms with Crippen LogP contribution in [0.1, 0.15) is 12.1 Å². The van der Waals surface area contributed by atoms with Gasteiger partial charge in [0.05, 0.1) is 18.4 Å². The summed E-state index contributed by atoms with van der Waals surface area (Å²) in [6.07, 6.45) is 5.34. The number of nitrogens with zero attached hydrogens (tertiary/aromatic N) is 4. The van der Waals surface area contributed by atoms with E-state index < -0.39 is 10.0 Å². The first-order valence-corrected chi connectivity index (χ1v) is 7.70. The fraction of sp³-hybridized carbons (Fsp3) is 0.455. The van der Waals surface area contributed by atoms with Crippen molar-refractivity contribution in [2.75, 3.05) is 6.54 Å². The van der Waals surface area contributed by atoms with Gasteiger partial charge in [0, 0.05) is 26.0 Å². The molecule has 110 valence electrons. The fourth-order valence-corrected chi connectivity index (χ4v) is 2.62. The van der Waals surface area contributed by atoms with Crippen LogP contribution in [0.25, 0.3) is 0 Å². The minimum atomic E-state index is -3.57. The Kier molecular flexibility index (Phi) is 4.53. The predicted molar refractivity (Wildman–Crippen MR) is 73.1 cm³/mol. The van der Waals surface area contributed by atoms with Crippen molar-refractivity contribution in [2.45, 2.75) is 24.4 Å². The minimum Gasteiger partial charge on any atom is -0.330 e. The highest BCUT2D eigenvalue weighted by Gasteiger charge is 2.16. The standard InChI is InChI=1S/C11H18N6O2S/c1-16-6-3-10(15-16)7-14-20(18,19)11-8-13-17(9-11)5-2-4-12/h3,6,8-9,14H,2,4-5,7,12H2,1H3. The van der Waals surface area contributed by atoms with Gasteiger partial charge in [-0.25, -0.2) is 13.1 Å². The van der Waals surface area contributed by atoms with Crippen molar-refractivity contribution < 1.29 is 8.42 Å². The summed E-state index contributed by atoms with van der Waals surface area (Å²) in [5.41, 5.74) is 6.06. The molecule has 2 aromatic heterocycles. The quantitative estimate of drug-likeness (QED) is 0.712. The normalized spacial score (nSPS) is 11.9. The zero-order valence-corrected chi connectivity index (χ0v) is 12.0. The van der Waals surface area contributed by atoms with E-state index in [1.54, 1.807) is 28.7 Å². The minimum absolute atomic E-state index is 0.144. The molecule has 2 aromatic rings. The van der Waals surface area contributed by atoms with Gasteiger partial charge in [-0.15, -0.1) is 0 Å². The maximum absolute atomic E-state index is 12.1. The molecule has 0 unspecified atom stereocenters. The first-order valence-electron chi connectivity index (χ1n) is 6.22. The number of aromatic nitrogens is 4. The van der Waals surface area contributed by atoms with Crippen molar-refractivity contribution in [3.63, 3.8) is 0 Å². The van der Waals surface area contributed by atoms with Crippen molar-refractivity contribution in [3.05, 3.63) is 30.4 Å². The summed E-state index contributed by atoms with van der Waals surface area (Å²) in [5.74, 6) is 0. The molecule has 0 amide bonds. The number of rotatable bonds is 7. The molecular formula is C11H18N6O2S. The summed E-state index contributed by atoms with van der Waals surface area (Å²) in [4.78, 5) is 0.144. The van der Waals surface area contributed by atoms with Gasteiger partial charge >= 0.3 is 0 Å². The highest BCUT2D eigenvalue weighted by Crippen LogP contribution is 2.08. The number of sulfonamides is 1. The molecule has 8 nitrogen and oxygen atoms in total. The Bertz CT molecular complexity index is 660. The highest BCUT2D eigenvalue weighted by atomic mass is 32.2. The Morgan fingerprint density at radius 3 is 2.90 bits per heavy atom. The van der Waals surface area contributed by atoms with E-state index in [0.29, 0.717) is 18.8 Å². The average Bonchev–Trinajstić information content (AvgIpc) is 3.03. The molecule has 0 bridgehead atoms. The monoisotopic (exact) mass is 298 g/mol. The molecule has 0 aliphatic heterocycles. The van der Waals surface area contributed by atoms with Crippen molar-refractivity contribution >= 4 is 10.0 Å². The predicted octanol–water partition coefficient (Wildman–Crippen LogP) is -0.556. The molecule has 0 saturated carbocycles. The molecule has 0 aromatic carbocycles. The second-order valence-electron chi connectivity index (χ2n) is 4.39. The topological polar surface area (TPSA) is 108 Å².